The maximum atomic E-state index is 13.2. The Hall–Kier alpha value is -2.01. The van der Waals surface area contributed by atoms with E-state index >= 15 is 0 Å². The van der Waals surface area contributed by atoms with Crippen molar-refractivity contribution < 1.29 is 4.39 Å². The Balaban J connectivity index is 2.34. The zero-order valence-corrected chi connectivity index (χ0v) is 10.6. The molecule has 18 heavy (non-hydrogen) atoms. The number of nitrogens with two attached hydrogens (primary N) is 1. The second-order valence-electron chi connectivity index (χ2n) is 3.85. The van der Waals surface area contributed by atoms with Gasteiger partial charge in [-0.05, 0) is 42.8 Å². The molecule has 0 saturated carbocycles. The van der Waals surface area contributed by atoms with Crippen molar-refractivity contribution in [2.24, 2.45) is 5.73 Å². The van der Waals surface area contributed by atoms with E-state index in [1.165, 1.54) is 6.07 Å². The van der Waals surface area contributed by atoms with Gasteiger partial charge in [0.15, 0.2) is 0 Å². The highest BCUT2D eigenvalue weighted by molar-refractivity contribution is 7.80. The van der Waals surface area contributed by atoms with Crippen molar-refractivity contribution in [2.75, 3.05) is 5.32 Å². The van der Waals surface area contributed by atoms with Gasteiger partial charge in [-0.1, -0.05) is 12.2 Å². The fourth-order valence-corrected chi connectivity index (χ4v) is 1.73. The third kappa shape index (κ3) is 2.62. The number of pyridine rings is 1. The minimum absolute atomic E-state index is 0.240. The van der Waals surface area contributed by atoms with Crippen LogP contribution in [0.5, 0.6) is 0 Å². The highest BCUT2D eigenvalue weighted by Gasteiger charge is 2.06. The molecule has 0 bridgehead atoms. The Kier molecular flexibility index (Phi) is 3.53. The maximum Gasteiger partial charge on any atom is 0.140 e. The fraction of sp³-hybridized carbons (Fsp3) is 0.0769. The Morgan fingerprint density at radius 1 is 1.39 bits per heavy atom. The third-order valence-corrected chi connectivity index (χ3v) is 2.71. The van der Waals surface area contributed by atoms with Gasteiger partial charge in [0.2, 0.25) is 0 Å². The number of hydrogen-bond acceptors (Lipinski definition) is 3. The zero-order valence-electron chi connectivity index (χ0n) is 9.77. The lowest BCUT2D eigenvalue weighted by Crippen LogP contribution is -2.12. The van der Waals surface area contributed by atoms with E-state index in [4.69, 9.17) is 18.0 Å². The second kappa shape index (κ2) is 5.10. The van der Waals surface area contributed by atoms with Crippen LogP contribution in [0.15, 0.2) is 36.5 Å². The van der Waals surface area contributed by atoms with Crippen molar-refractivity contribution >= 4 is 28.7 Å². The van der Waals surface area contributed by atoms with Gasteiger partial charge in [0, 0.05) is 11.9 Å². The largest absolute Gasteiger partial charge is 0.389 e. The van der Waals surface area contributed by atoms with Gasteiger partial charge < -0.3 is 11.1 Å². The summed E-state index contributed by atoms with van der Waals surface area (Å²) in [6.07, 6.45) is 1.64. The molecule has 0 spiro atoms. The fourth-order valence-electron chi connectivity index (χ4n) is 1.56. The Morgan fingerprint density at radius 2 is 2.17 bits per heavy atom. The van der Waals surface area contributed by atoms with Gasteiger partial charge in [-0.25, -0.2) is 9.37 Å². The minimum Gasteiger partial charge on any atom is -0.389 e. The predicted octanol–water partition coefficient (Wildman–Crippen LogP) is 2.91. The molecule has 0 radical (unpaired) electrons. The van der Waals surface area contributed by atoms with E-state index in [-0.39, 0.29) is 10.8 Å². The van der Waals surface area contributed by atoms with Crippen molar-refractivity contribution in [3.8, 4) is 0 Å². The maximum absolute atomic E-state index is 13.2. The van der Waals surface area contributed by atoms with Crippen LogP contribution in [-0.4, -0.2) is 9.97 Å². The lowest BCUT2D eigenvalue weighted by atomic mass is 10.2. The average molecular weight is 261 g/mol. The number of benzene rings is 1. The predicted molar refractivity (Wildman–Crippen MR) is 74.5 cm³/mol. The number of anilines is 2. The first kappa shape index (κ1) is 12.4. The number of nitrogens with one attached hydrogen (secondary N) is 1. The summed E-state index contributed by atoms with van der Waals surface area (Å²) < 4.78 is 13.2. The molecule has 5 heteroatoms. The van der Waals surface area contributed by atoms with Crippen LogP contribution in [0.1, 0.15) is 11.1 Å². The number of hydrogen-bond donors (Lipinski definition) is 2. The molecule has 0 atom stereocenters. The minimum atomic E-state index is -0.240. The lowest BCUT2D eigenvalue weighted by molar-refractivity contribution is 0.619. The molecule has 0 aliphatic heterocycles. The highest BCUT2D eigenvalue weighted by atomic mass is 32.1. The Morgan fingerprint density at radius 3 is 2.83 bits per heavy atom. The summed E-state index contributed by atoms with van der Waals surface area (Å²) in [4.78, 5) is 4.44. The third-order valence-electron chi connectivity index (χ3n) is 2.49. The number of aryl methyl sites for hydroxylation is 1. The van der Waals surface area contributed by atoms with Gasteiger partial charge in [-0.3, -0.25) is 0 Å². The molecule has 0 aliphatic rings. The van der Waals surface area contributed by atoms with Gasteiger partial charge in [-0.2, -0.15) is 0 Å². The molecule has 2 rings (SSSR count). The quantitative estimate of drug-likeness (QED) is 0.834. The molecule has 0 aliphatic carbocycles. The van der Waals surface area contributed by atoms with Crippen molar-refractivity contribution in [3.05, 3.63) is 53.5 Å². The van der Waals surface area contributed by atoms with Crippen LogP contribution in [0.25, 0.3) is 0 Å². The van der Waals surface area contributed by atoms with E-state index in [9.17, 15) is 4.39 Å². The molecule has 0 saturated heterocycles. The summed E-state index contributed by atoms with van der Waals surface area (Å²) in [6.45, 7) is 1.70. The summed E-state index contributed by atoms with van der Waals surface area (Å²) >= 11 is 4.95. The number of halogens is 1. The number of nitrogens with zero attached hydrogens (tertiary/aromatic N) is 1. The topological polar surface area (TPSA) is 50.9 Å². The lowest BCUT2D eigenvalue weighted by Gasteiger charge is -2.10. The van der Waals surface area contributed by atoms with Crippen molar-refractivity contribution in [1.29, 1.82) is 0 Å². The normalized spacial score (nSPS) is 10.1. The molecule has 0 unspecified atom stereocenters. The van der Waals surface area contributed by atoms with Crippen molar-refractivity contribution in [1.82, 2.24) is 4.98 Å². The molecule has 1 aromatic carbocycles. The van der Waals surface area contributed by atoms with Crippen LogP contribution in [0.4, 0.5) is 15.9 Å². The van der Waals surface area contributed by atoms with E-state index in [2.05, 4.69) is 10.3 Å². The monoisotopic (exact) mass is 261 g/mol. The summed E-state index contributed by atoms with van der Waals surface area (Å²) in [7, 11) is 0. The molecule has 1 heterocycles. The van der Waals surface area contributed by atoms with Gasteiger partial charge in [-0.15, -0.1) is 0 Å². The van der Waals surface area contributed by atoms with Crippen molar-refractivity contribution in [3.63, 3.8) is 0 Å². The van der Waals surface area contributed by atoms with Crippen molar-refractivity contribution in [2.45, 2.75) is 6.92 Å². The van der Waals surface area contributed by atoms with Crippen LogP contribution < -0.4 is 11.1 Å². The summed E-state index contributed by atoms with van der Waals surface area (Å²) in [5.41, 5.74) is 7.58. The molecule has 2 aromatic rings. The first-order valence-electron chi connectivity index (χ1n) is 5.36. The molecule has 3 N–H and O–H groups in total. The SMILES string of the molecule is Cc1cc(Nc2ncccc2C(N)=S)ccc1F. The van der Waals surface area contributed by atoms with Gasteiger partial charge in [0.1, 0.15) is 16.6 Å². The zero-order chi connectivity index (χ0) is 13.1. The van der Waals surface area contributed by atoms with Crippen LogP contribution in [0, 0.1) is 12.7 Å². The highest BCUT2D eigenvalue weighted by Crippen LogP contribution is 2.20. The molecule has 1 aromatic heterocycles. The standard InChI is InChI=1S/C13H12FN3S/c1-8-7-9(4-5-11(8)14)17-13-10(12(15)18)3-2-6-16-13/h2-7H,1H3,(H2,15,18)(H,16,17). The number of aromatic nitrogens is 1. The van der Waals surface area contributed by atoms with E-state index < -0.39 is 0 Å². The molecule has 3 nitrogen and oxygen atoms in total. The van der Waals surface area contributed by atoms with Gasteiger partial charge >= 0.3 is 0 Å². The first-order valence-corrected chi connectivity index (χ1v) is 5.77. The Labute approximate surface area is 110 Å². The molecular weight excluding hydrogens is 249 g/mol. The smallest absolute Gasteiger partial charge is 0.140 e. The molecule has 0 amide bonds. The number of thiocarbonyl (C=S) groups is 1. The molecule has 0 fully saturated rings. The molecular formula is C13H12FN3S. The Bertz CT molecular complexity index is 599. The number of rotatable bonds is 3. The van der Waals surface area contributed by atoms with Crippen LogP contribution >= 0.6 is 12.2 Å². The summed E-state index contributed by atoms with van der Waals surface area (Å²) in [5, 5.41) is 3.08. The summed E-state index contributed by atoms with van der Waals surface area (Å²) in [5.74, 6) is 0.326. The van der Waals surface area contributed by atoms with Gasteiger partial charge in [0.05, 0.1) is 5.56 Å². The van der Waals surface area contributed by atoms with E-state index in [1.54, 1.807) is 37.4 Å². The molecule has 92 valence electrons. The van der Waals surface area contributed by atoms with Crippen LogP contribution in [0.2, 0.25) is 0 Å². The van der Waals surface area contributed by atoms with E-state index in [0.29, 0.717) is 16.9 Å². The van der Waals surface area contributed by atoms with E-state index in [1.807, 2.05) is 0 Å². The average Bonchev–Trinajstić information content (AvgIpc) is 2.34. The van der Waals surface area contributed by atoms with Crippen LogP contribution in [-0.2, 0) is 0 Å². The first-order chi connectivity index (χ1) is 8.58. The summed E-state index contributed by atoms with van der Waals surface area (Å²) in [6, 6.07) is 8.29. The second-order valence-corrected chi connectivity index (χ2v) is 4.29. The van der Waals surface area contributed by atoms with Crippen LogP contribution in [0.3, 0.4) is 0 Å². The van der Waals surface area contributed by atoms with E-state index in [0.717, 1.165) is 5.69 Å². The van der Waals surface area contributed by atoms with Gasteiger partial charge in [0.25, 0.3) is 0 Å².